The summed E-state index contributed by atoms with van der Waals surface area (Å²) in [6.07, 6.45) is 2.93. The third-order valence-corrected chi connectivity index (χ3v) is 6.43. The van der Waals surface area contributed by atoms with Crippen molar-refractivity contribution in [1.82, 2.24) is 14.9 Å². The molecule has 2 aromatic carbocycles. The number of hydrogen-bond donors (Lipinski definition) is 2. The Balaban J connectivity index is 1.77. The third kappa shape index (κ3) is 6.79. The first-order valence-corrected chi connectivity index (χ1v) is 13.0. The number of ether oxygens (including phenoxy) is 1. The fourth-order valence-corrected chi connectivity index (χ4v) is 4.12. The van der Waals surface area contributed by atoms with Crippen LogP contribution in [-0.4, -0.2) is 46.9 Å². The van der Waals surface area contributed by atoms with Crippen molar-refractivity contribution in [2.24, 2.45) is 0 Å². The fourth-order valence-electron chi connectivity index (χ4n) is 4.12. The van der Waals surface area contributed by atoms with Gasteiger partial charge in [0.2, 0.25) is 5.91 Å². The number of anilines is 1. The van der Waals surface area contributed by atoms with E-state index < -0.39 is 23.4 Å². The van der Waals surface area contributed by atoms with Gasteiger partial charge < -0.3 is 19.9 Å². The van der Waals surface area contributed by atoms with Crippen molar-refractivity contribution in [3.05, 3.63) is 118 Å². The van der Waals surface area contributed by atoms with E-state index in [2.05, 4.69) is 15.6 Å². The molecule has 2 heterocycles. The average Bonchev–Trinajstić information content (AvgIpc) is 2.99. The topological polar surface area (TPSA) is 119 Å². The Bertz CT molecular complexity index is 1650. The lowest BCUT2D eigenvalue weighted by atomic mass is 10.0. The van der Waals surface area contributed by atoms with Crippen LogP contribution in [0.1, 0.15) is 45.7 Å². The minimum atomic E-state index is -0.540. The Morgan fingerprint density at radius 3 is 2.44 bits per heavy atom. The Hall–Kier alpha value is -4.96. The number of pyridine rings is 2. The van der Waals surface area contributed by atoms with Crippen molar-refractivity contribution >= 4 is 23.3 Å². The lowest BCUT2D eigenvalue weighted by molar-refractivity contribution is -0.117. The summed E-state index contributed by atoms with van der Waals surface area (Å²) in [6.45, 7) is 3.59. The second-order valence-corrected chi connectivity index (χ2v) is 9.24. The highest BCUT2D eigenvalue weighted by Gasteiger charge is 2.18. The molecule has 0 aliphatic heterocycles. The molecule has 0 bridgehead atoms. The molecule has 4 aromatic rings. The number of nitrogens with zero attached hydrogens (tertiary/aromatic N) is 2. The number of hydrogen-bond acceptors (Lipinski definition) is 7. The lowest BCUT2D eigenvalue weighted by Crippen LogP contribution is -2.37. The predicted molar refractivity (Wildman–Crippen MR) is 152 cm³/mol. The van der Waals surface area contributed by atoms with Crippen LogP contribution in [0, 0.1) is 5.82 Å². The van der Waals surface area contributed by atoms with E-state index in [1.807, 2.05) is 0 Å². The number of halogens is 1. The van der Waals surface area contributed by atoms with E-state index in [9.17, 15) is 23.6 Å². The van der Waals surface area contributed by atoms with Crippen LogP contribution in [-0.2, 0) is 16.1 Å². The molecule has 0 fully saturated rings. The second kappa shape index (κ2) is 12.9. The fraction of sp³-hybridized carbons (Fsp3) is 0.194. The first kappa shape index (κ1) is 29.0. The number of ketones is 1. The molecular weight excluding hydrogens is 527 g/mol. The van der Waals surface area contributed by atoms with Crippen LogP contribution in [0.3, 0.4) is 0 Å². The molecule has 2 N–H and O–H groups in total. The van der Waals surface area contributed by atoms with Gasteiger partial charge in [0.25, 0.3) is 5.56 Å². The number of nitrogens with one attached hydrogen (secondary N) is 2. The van der Waals surface area contributed by atoms with E-state index in [-0.39, 0.29) is 36.1 Å². The Morgan fingerprint density at radius 1 is 0.976 bits per heavy atom. The van der Waals surface area contributed by atoms with Crippen LogP contribution in [0.15, 0.2) is 83.9 Å². The Kier molecular flexibility index (Phi) is 9.15. The summed E-state index contributed by atoms with van der Waals surface area (Å²) in [5.41, 5.74) is 2.02. The molecule has 0 saturated heterocycles. The van der Waals surface area contributed by atoms with Crippen LogP contribution in [0.2, 0.25) is 0 Å². The number of carbonyl (C=O) groups excluding carboxylic acids is 3. The molecule has 9 nitrogen and oxygen atoms in total. The number of benzene rings is 2. The summed E-state index contributed by atoms with van der Waals surface area (Å²) in [4.78, 5) is 55.8. The van der Waals surface area contributed by atoms with Crippen molar-refractivity contribution in [3.8, 4) is 11.3 Å². The average molecular weight is 557 g/mol. The van der Waals surface area contributed by atoms with Gasteiger partial charge in [-0.05, 0) is 86.6 Å². The Morgan fingerprint density at radius 2 is 1.73 bits per heavy atom. The largest absolute Gasteiger partial charge is 0.462 e. The van der Waals surface area contributed by atoms with Gasteiger partial charge in [-0.15, -0.1) is 0 Å². The van der Waals surface area contributed by atoms with E-state index in [1.165, 1.54) is 47.3 Å². The quantitative estimate of drug-likeness (QED) is 0.223. The minimum Gasteiger partial charge on any atom is -0.462 e. The number of esters is 1. The van der Waals surface area contributed by atoms with Crippen LogP contribution in [0.4, 0.5) is 10.1 Å². The van der Waals surface area contributed by atoms with Crippen molar-refractivity contribution < 1.29 is 23.5 Å². The molecule has 1 amide bonds. The SMILES string of the molecule is CCOC(=O)c1cccc(-c2ccc(NC(=O)[C@@H](C)NC)c(=O)n2Cc2cncc(C(=O)c3ccc(F)cc3)c2)c1. The highest BCUT2D eigenvalue weighted by molar-refractivity contribution is 6.08. The van der Waals surface area contributed by atoms with Gasteiger partial charge in [-0.3, -0.25) is 19.4 Å². The van der Waals surface area contributed by atoms with Gasteiger partial charge in [0.05, 0.1) is 30.5 Å². The first-order valence-electron chi connectivity index (χ1n) is 13.0. The van der Waals surface area contributed by atoms with Crippen molar-refractivity contribution in [1.29, 1.82) is 0 Å². The van der Waals surface area contributed by atoms with E-state index >= 15 is 0 Å². The highest BCUT2D eigenvalue weighted by Crippen LogP contribution is 2.23. The van der Waals surface area contributed by atoms with E-state index in [4.69, 9.17) is 4.74 Å². The third-order valence-electron chi connectivity index (χ3n) is 6.43. The van der Waals surface area contributed by atoms with Gasteiger partial charge in [-0.2, -0.15) is 0 Å². The lowest BCUT2D eigenvalue weighted by Gasteiger charge is -2.17. The molecular formula is C31H29FN4O5. The zero-order chi connectivity index (χ0) is 29.5. The molecule has 0 aliphatic rings. The predicted octanol–water partition coefficient (Wildman–Crippen LogP) is 4.05. The molecule has 0 saturated carbocycles. The zero-order valence-corrected chi connectivity index (χ0v) is 22.8. The summed E-state index contributed by atoms with van der Waals surface area (Å²) in [5.74, 6) is -1.69. The molecule has 0 unspecified atom stereocenters. The molecule has 1 atom stereocenters. The van der Waals surface area contributed by atoms with Gasteiger partial charge in [-0.25, -0.2) is 9.18 Å². The molecule has 0 radical (unpaired) electrons. The van der Waals surface area contributed by atoms with Crippen LogP contribution >= 0.6 is 0 Å². The number of carbonyl (C=O) groups is 3. The standard InChI is InChI=1S/C31H29FN4O5/c1-4-41-31(40)23-7-5-6-22(15-23)27-13-12-26(35-29(38)19(2)33-3)30(39)36(27)18-20-14-24(17-34-16-20)28(37)21-8-10-25(32)11-9-21/h5-17,19,33H,4,18H2,1-3H3,(H,35,38)/t19-/m1/s1. The maximum Gasteiger partial charge on any atom is 0.338 e. The van der Waals surface area contributed by atoms with Crippen molar-refractivity contribution in [2.45, 2.75) is 26.4 Å². The van der Waals surface area contributed by atoms with E-state index in [0.29, 0.717) is 27.9 Å². The zero-order valence-electron chi connectivity index (χ0n) is 22.8. The van der Waals surface area contributed by atoms with Gasteiger partial charge in [0, 0.05) is 23.5 Å². The van der Waals surface area contributed by atoms with Crippen LogP contribution in [0.25, 0.3) is 11.3 Å². The summed E-state index contributed by atoms with van der Waals surface area (Å²) in [7, 11) is 1.63. The van der Waals surface area contributed by atoms with Crippen LogP contribution < -0.4 is 16.2 Å². The monoisotopic (exact) mass is 556 g/mol. The summed E-state index contributed by atoms with van der Waals surface area (Å²) < 4.78 is 19.9. The first-order chi connectivity index (χ1) is 19.7. The molecule has 2 aromatic heterocycles. The summed E-state index contributed by atoms with van der Waals surface area (Å²) in [5, 5.41) is 5.49. The maximum atomic E-state index is 13.7. The van der Waals surface area contributed by atoms with Gasteiger partial charge in [-0.1, -0.05) is 12.1 Å². The minimum absolute atomic E-state index is 0.000625. The molecule has 4 rings (SSSR count). The second-order valence-electron chi connectivity index (χ2n) is 9.24. The molecule has 10 heteroatoms. The van der Waals surface area contributed by atoms with Crippen molar-refractivity contribution in [3.63, 3.8) is 0 Å². The van der Waals surface area contributed by atoms with E-state index in [0.717, 1.165) is 0 Å². The number of rotatable bonds is 10. The normalized spacial score (nSPS) is 11.5. The summed E-state index contributed by atoms with van der Waals surface area (Å²) in [6, 6.07) is 16.1. The number of aromatic nitrogens is 2. The number of likely N-dealkylation sites (N-methyl/N-ethyl adjacent to an activating group) is 1. The smallest absolute Gasteiger partial charge is 0.338 e. The highest BCUT2D eigenvalue weighted by atomic mass is 19.1. The maximum absolute atomic E-state index is 13.7. The molecule has 0 aliphatic carbocycles. The molecule has 210 valence electrons. The van der Waals surface area contributed by atoms with Gasteiger partial charge in [0.1, 0.15) is 11.5 Å². The molecule has 0 spiro atoms. The van der Waals surface area contributed by atoms with E-state index in [1.54, 1.807) is 57.3 Å². The van der Waals surface area contributed by atoms with Crippen molar-refractivity contribution in [2.75, 3.05) is 19.0 Å². The number of amides is 1. The Labute approximate surface area is 236 Å². The van der Waals surface area contributed by atoms with Gasteiger partial charge in [0.15, 0.2) is 5.78 Å². The molecule has 41 heavy (non-hydrogen) atoms. The van der Waals surface area contributed by atoms with Crippen LogP contribution in [0.5, 0.6) is 0 Å². The summed E-state index contributed by atoms with van der Waals surface area (Å²) >= 11 is 0. The van der Waals surface area contributed by atoms with Gasteiger partial charge >= 0.3 is 5.97 Å².